The van der Waals surface area contributed by atoms with Crippen molar-refractivity contribution in [1.82, 2.24) is 25.0 Å². The molecule has 0 radical (unpaired) electrons. The molecular formula is C12H13N5O4. The van der Waals surface area contributed by atoms with E-state index in [-0.39, 0.29) is 18.7 Å². The molecule has 2 heterocycles. The van der Waals surface area contributed by atoms with Crippen molar-refractivity contribution in [3.8, 4) is 0 Å². The van der Waals surface area contributed by atoms with Crippen molar-refractivity contribution in [2.45, 2.75) is 13.0 Å². The van der Waals surface area contributed by atoms with Crippen molar-refractivity contribution in [2.75, 3.05) is 14.2 Å². The van der Waals surface area contributed by atoms with Crippen molar-refractivity contribution >= 4 is 11.9 Å². The van der Waals surface area contributed by atoms with E-state index in [0.717, 1.165) is 0 Å². The van der Waals surface area contributed by atoms with Gasteiger partial charge in [0.15, 0.2) is 5.69 Å². The van der Waals surface area contributed by atoms with Crippen LogP contribution in [0.2, 0.25) is 0 Å². The highest BCUT2D eigenvalue weighted by atomic mass is 16.5. The van der Waals surface area contributed by atoms with Gasteiger partial charge in [-0.15, -0.1) is 5.10 Å². The topological polar surface area (TPSA) is 109 Å². The van der Waals surface area contributed by atoms with Gasteiger partial charge in [-0.1, -0.05) is 5.21 Å². The predicted molar refractivity (Wildman–Crippen MR) is 68.2 cm³/mol. The lowest BCUT2D eigenvalue weighted by atomic mass is 10.2. The summed E-state index contributed by atoms with van der Waals surface area (Å²) in [4.78, 5) is 31.2. The van der Waals surface area contributed by atoms with E-state index in [2.05, 4.69) is 29.8 Å². The fourth-order valence-corrected chi connectivity index (χ4v) is 1.66. The molecule has 0 saturated heterocycles. The van der Waals surface area contributed by atoms with Gasteiger partial charge in [0, 0.05) is 12.4 Å². The van der Waals surface area contributed by atoms with Gasteiger partial charge in [-0.05, 0) is 0 Å². The summed E-state index contributed by atoms with van der Waals surface area (Å²) >= 11 is 0. The Morgan fingerprint density at radius 1 is 1.24 bits per heavy atom. The molecule has 9 heteroatoms. The van der Waals surface area contributed by atoms with Gasteiger partial charge >= 0.3 is 11.9 Å². The summed E-state index contributed by atoms with van der Waals surface area (Å²) < 4.78 is 10.6. The number of aromatic nitrogens is 5. The average Bonchev–Trinajstić information content (AvgIpc) is 2.90. The third kappa shape index (κ3) is 3.38. The maximum atomic E-state index is 11.7. The Balaban J connectivity index is 2.34. The summed E-state index contributed by atoms with van der Waals surface area (Å²) in [5.41, 5.74) is 0.899. The predicted octanol–water partition coefficient (Wildman–Crippen LogP) is -0.382. The molecule has 0 aliphatic rings. The highest BCUT2D eigenvalue weighted by Crippen LogP contribution is 2.10. The zero-order valence-electron chi connectivity index (χ0n) is 11.5. The van der Waals surface area contributed by atoms with Crippen LogP contribution in [-0.2, 0) is 27.2 Å². The fraction of sp³-hybridized carbons (Fsp3) is 0.333. The molecule has 0 aliphatic carbocycles. The third-order valence-corrected chi connectivity index (χ3v) is 2.68. The first kappa shape index (κ1) is 14.6. The zero-order valence-corrected chi connectivity index (χ0v) is 11.5. The van der Waals surface area contributed by atoms with E-state index in [4.69, 9.17) is 0 Å². The summed E-state index contributed by atoms with van der Waals surface area (Å²) in [6, 6.07) is 0. The molecule has 0 unspecified atom stereocenters. The van der Waals surface area contributed by atoms with Crippen LogP contribution in [0.25, 0.3) is 0 Å². The molecule has 2 aromatic heterocycles. The minimum Gasteiger partial charge on any atom is -0.469 e. The smallest absolute Gasteiger partial charge is 0.360 e. The molecule has 0 N–H and O–H groups in total. The summed E-state index contributed by atoms with van der Waals surface area (Å²) in [6.07, 6.45) is 4.49. The zero-order chi connectivity index (χ0) is 15.2. The van der Waals surface area contributed by atoms with Gasteiger partial charge in [-0.2, -0.15) is 0 Å². The number of hydrogen-bond donors (Lipinski definition) is 0. The normalized spacial score (nSPS) is 10.2. The molecule has 0 saturated carbocycles. The minimum atomic E-state index is -0.667. The Morgan fingerprint density at radius 3 is 2.67 bits per heavy atom. The minimum absolute atomic E-state index is 0.0215. The Bertz CT molecular complexity index is 640. The number of ether oxygens (including phenoxy) is 2. The van der Waals surface area contributed by atoms with Crippen LogP contribution in [0, 0.1) is 0 Å². The van der Waals surface area contributed by atoms with Crippen LogP contribution in [0.1, 0.15) is 21.9 Å². The SMILES string of the molecule is COC(=O)Cc1c(C(=O)OC)nnn1Cc1cnccn1. The van der Waals surface area contributed by atoms with Crippen LogP contribution in [0.15, 0.2) is 18.6 Å². The molecule has 0 aromatic carbocycles. The maximum Gasteiger partial charge on any atom is 0.360 e. The first-order valence-electron chi connectivity index (χ1n) is 5.98. The summed E-state index contributed by atoms with van der Waals surface area (Å²) in [7, 11) is 2.49. The van der Waals surface area contributed by atoms with E-state index in [0.29, 0.717) is 11.4 Å². The first-order chi connectivity index (χ1) is 10.2. The number of carbonyl (C=O) groups excluding carboxylic acids is 2. The summed E-state index contributed by atoms with van der Waals surface area (Å²) in [5, 5.41) is 7.61. The lowest BCUT2D eigenvalue weighted by Crippen LogP contribution is -2.16. The molecule has 0 aliphatic heterocycles. The van der Waals surface area contributed by atoms with Crippen LogP contribution in [0.4, 0.5) is 0 Å². The number of carbonyl (C=O) groups is 2. The van der Waals surface area contributed by atoms with Gasteiger partial charge in [0.1, 0.15) is 0 Å². The van der Waals surface area contributed by atoms with Crippen LogP contribution in [0.5, 0.6) is 0 Å². The monoisotopic (exact) mass is 291 g/mol. The molecule has 2 aromatic rings. The second kappa shape index (κ2) is 6.55. The highest BCUT2D eigenvalue weighted by molar-refractivity contribution is 5.89. The quantitative estimate of drug-likeness (QED) is 0.686. The largest absolute Gasteiger partial charge is 0.469 e. The van der Waals surface area contributed by atoms with E-state index in [9.17, 15) is 9.59 Å². The van der Waals surface area contributed by atoms with Gasteiger partial charge < -0.3 is 9.47 Å². The van der Waals surface area contributed by atoms with E-state index >= 15 is 0 Å². The molecule has 2 rings (SSSR count). The van der Waals surface area contributed by atoms with E-state index in [1.165, 1.54) is 25.1 Å². The lowest BCUT2D eigenvalue weighted by molar-refractivity contribution is -0.139. The number of methoxy groups -OCH3 is 2. The second-order valence-electron chi connectivity index (χ2n) is 3.98. The van der Waals surface area contributed by atoms with E-state index in [1.54, 1.807) is 12.4 Å². The van der Waals surface area contributed by atoms with Crippen molar-refractivity contribution in [2.24, 2.45) is 0 Å². The molecule has 110 valence electrons. The van der Waals surface area contributed by atoms with E-state index < -0.39 is 11.9 Å². The standard InChI is InChI=1S/C12H13N5O4/c1-20-10(18)5-9-11(12(19)21-2)15-16-17(9)7-8-6-13-3-4-14-8/h3-4,6H,5,7H2,1-2H3. The molecule has 0 fully saturated rings. The number of esters is 2. The lowest BCUT2D eigenvalue weighted by Gasteiger charge is -2.06. The Hall–Kier alpha value is -2.84. The number of rotatable bonds is 5. The van der Waals surface area contributed by atoms with Crippen molar-refractivity contribution in [3.05, 3.63) is 35.7 Å². The van der Waals surface area contributed by atoms with Gasteiger partial charge in [0.05, 0.1) is 44.8 Å². The third-order valence-electron chi connectivity index (χ3n) is 2.68. The highest BCUT2D eigenvalue weighted by Gasteiger charge is 2.23. The molecule has 0 spiro atoms. The average molecular weight is 291 g/mol. The molecule has 21 heavy (non-hydrogen) atoms. The van der Waals surface area contributed by atoms with Crippen LogP contribution in [-0.4, -0.2) is 51.1 Å². The Kier molecular flexibility index (Phi) is 4.54. The maximum absolute atomic E-state index is 11.7. The second-order valence-corrected chi connectivity index (χ2v) is 3.98. The fourth-order valence-electron chi connectivity index (χ4n) is 1.66. The van der Waals surface area contributed by atoms with Crippen LogP contribution in [0.3, 0.4) is 0 Å². The molecular weight excluding hydrogens is 278 g/mol. The van der Waals surface area contributed by atoms with Gasteiger partial charge in [0.2, 0.25) is 0 Å². The first-order valence-corrected chi connectivity index (χ1v) is 5.98. The van der Waals surface area contributed by atoms with Crippen molar-refractivity contribution in [1.29, 1.82) is 0 Å². The van der Waals surface area contributed by atoms with Crippen LogP contribution < -0.4 is 0 Å². The van der Waals surface area contributed by atoms with E-state index in [1.807, 2.05) is 0 Å². The van der Waals surface area contributed by atoms with Crippen molar-refractivity contribution < 1.29 is 19.1 Å². The number of nitrogens with zero attached hydrogens (tertiary/aromatic N) is 5. The van der Waals surface area contributed by atoms with Gasteiger partial charge in [-0.3, -0.25) is 14.8 Å². The molecule has 9 nitrogen and oxygen atoms in total. The summed E-state index contributed by atoms with van der Waals surface area (Å²) in [5.74, 6) is -1.18. The molecule has 0 bridgehead atoms. The van der Waals surface area contributed by atoms with Gasteiger partial charge in [-0.25, -0.2) is 9.48 Å². The Labute approximate surface area is 119 Å². The number of hydrogen-bond acceptors (Lipinski definition) is 8. The summed E-state index contributed by atoms with van der Waals surface area (Å²) in [6.45, 7) is 0.226. The van der Waals surface area contributed by atoms with Crippen LogP contribution >= 0.6 is 0 Å². The molecule has 0 atom stereocenters. The Morgan fingerprint density at radius 2 is 2.05 bits per heavy atom. The van der Waals surface area contributed by atoms with Crippen molar-refractivity contribution in [3.63, 3.8) is 0 Å². The molecule has 0 amide bonds. The van der Waals surface area contributed by atoms with Gasteiger partial charge in [0.25, 0.3) is 0 Å².